The molecule has 6 nitrogen and oxygen atoms in total. The number of carboxylic acid groups (broad SMARTS) is 1. The molecule has 7 heteroatoms. The molecule has 0 aromatic heterocycles. The smallest absolute Gasteiger partial charge is 0.407 e. The minimum atomic E-state index is -2.29. The Hall–Kier alpha value is -0.660. The predicted molar refractivity (Wildman–Crippen MR) is 53.6 cm³/mol. The van der Waals surface area contributed by atoms with E-state index in [9.17, 15) is 9.00 Å². The molecule has 2 N–H and O–H groups in total. The van der Waals surface area contributed by atoms with E-state index in [1.807, 2.05) is 0 Å². The van der Waals surface area contributed by atoms with Gasteiger partial charge in [0.15, 0.2) is 0 Å². The fourth-order valence-electron chi connectivity index (χ4n) is 1.78. The first-order valence-electron chi connectivity index (χ1n) is 4.76. The average Bonchev–Trinajstić information content (AvgIpc) is 2.17. The molecule has 1 saturated heterocycles. The van der Waals surface area contributed by atoms with Crippen molar-refractivity contribution >= 4 is 17.5 Å². The second kappa shape index (κ2) is 5.43. The van der Waals surface area contributed by atoms with Crippen LogP contribution in [-0.2, 0) is 15.5 Å². The second-order valence-corrected chi connectivity index (χ2v) is 4.28. The lowest BCUT2D eigenvalue weighted by Crippen LogP contribution is -2.42. The molecule has 88 valence electrons. The monoisotopic (exact) mass is 237 g/mol. The van der Waals surface area contributed by atoms with Crippen LogP contribution in [0.15, 0.2) is 0 Å². The molecule has 3 atom stereocenters. The van der Waals surface area contributed by atoms with Crippen LogP contribution >= 0.6 is 0 Å². The molecule has 1 fully saturated rings. The van der Waals surface area contributed by atoms with E-state index in [4.69, 9.17) is 13.8 Å². The number of likely N-dealkylation sites (tertiary alicyclic amines) is 1. The normalized spacial score (nSPS) is 26.0. The Morgan fingerprint density at radius 3 is 2.87 bits per heavy atom. The Balaban J connectivity index is 2.48. The van der Waals surface area contributed by atoms with E-state index in [2.05, 4.69) is 0 Å². The molecular weight excluding hydrogens is 222 g/mol. The number of nitrogens with zero attached hydrogens (tertiary/aromatic N) is 1. The van der Waals surface area contributed by atoms with Gasteiger partial charge in [0, 0.05) is 19.0 Å². The first-order chi connectivity index (χ1) is 7.00. The van der Waals surface area contributed by atoms with Crippen molar-refractivity contribution in [2.75, 3.05) is 13.1 Å². The van der Waals surface area contributed by atoms with Gasteiger partial charge in [-0.05, 0) is 19.8 Å². The number of hydrogen-bond donors (Lipinski definition) is 2. The van der Waals surface area contributed by atoms with Crippen molar-refractivity contribution in [1.82, 2.24) is 4.90 Å². The molecule has 0 aromatic carbocycles. The van der Waals surface area contributed by atoms with Gasteiger partial charge in [0.05, 0.1) is 6.10 Å². The van der Waals surface area contributed by atoms with Crippen molar-refractivity contribution < 1.29 is 22.8 Å². The van der Waals surface area contributed by atoms with Gasteiger partial charge >= 0.3 is 17.5 Å². The summed E-state index contributed by atoms with van der Waals surface area (Å²) in [5.41, 5.74) is 0. The van der Waals surface area contributed by atoms with Crippen LogP contribution in [0.5, 0.6) is 0 Å². The molecule has 0 aliphatic carbocycles. The van der Waals surface area contributed by atoms with Gasteiger partial charge in [-0.25, -0.2) is 4.79 Å². The highest BCUT2D eigenvalue weighted by Gasteiger charge is 2.28. The largest absolute Gasteiger partial charge is 0.465 e. The summed E-state index contributed by atoms with van der Waals surface area (Å²) in [5, 5.41) is 8.80. The highest BCUT2D eigenvalue weighted by atomic mass is 32.2. The minimum absolute atomic E-state index is 0.00838. The van der Waals surface area contributed by atoms with Crippen LogP contribution < -0.4 is 0 Å². The lowest BCUT2D eigenvalue weighted by molar-refractivity contribution is 0.0755. The second-order valence-electron chi connectivity index (χ2n) is 3.65. The molecule has 1 rings (SSSR count). The van der Waals surface area contributed by atoms with E-state index in [1.165, 1.54) is 4.90 Å². The fraction of sp³-hybridized carbons (Fsp3) is 0.875. The van der Waals surface area contributed by atoms with E-state index in [-0.39, 0.29) is 5.92 Å². The SMILES string of the molecule is CC(OS(=O)O)[C@H]1CCCN(C(=O)O)C1. The summed E-state index contributed by atoms with van der Waals surface area (Å²) in [7, 11) is 0. The molecule has 1 amide bonds. The minimum Gasteiger partial charge on any atom is -0.465 e. The molecule has 1 heterocycles. The van der Waals surface area contributed by atoms with E-state index in [1.54, 1.807) is 6.92 Å². The van der Waals surface area contributed by atoms with Crippen LogP contribution in [0.2, 0.25) is 0 Å². The Morgan fingerprint density at radius 1 is 1.67 bits per heavy atom. The molecule has 2 unspecified atom stereocenters. The quantitative estimate of drug-likeness (QED) is 0.713. The van der Waals surface area contributed by atoms with Crippen molar-refractivity contribution in [3.05, 3.63) is 0 Å². The van der Waals surface area contributed by atoms with Crippen molar-refractivity contribution in [1.29, 1.82) is 0 Å². The van der Waals surface area contributed by atoms with Gasteiger partial charge in [-0.15, -0.1) is 0 Å². The van der Waals surface area contributed by atoms with Crippen molar-refractivity contribution in [3.63, 3.8) is 0 Å². The van der Waals surface area contributed by atoms with Gasteiger partial charge in [-0.1, -0.05) is 0 Å². The molecule has 0 bridgehead atoms. The van der Waals surface area contributed by atoms with Crippen LogP contribution in [0, 0.1) is 5.92 Å². The number of piperidine rings is 1. The summed E-state index contributed by atoms with van der Waals surface area (Å²) in [4.78, 5) is 12.0. The molecule has 15 heavy (non-hydrogen) atoms. The fourth-order valence-corrected chi connectivity index (χ4v) is 2.19. The van der Waals surface area contributed by atoms with Crippen LogP contribution in [0.25, 0.3) is 0 Å². The first kappa shape index (κ1) is 12.4. The van der Waals surface area contributed by atoms with Crippen molar-refractivity contribution in [3.8, 4) is 0 Å². The zero-order valence-corrected chi connectivity index (χ0v) is 9.27. The summed E-state index contributed by atoms with van der Waals surface area (Å²) < 4.78 is 23.7. The van der Waals surface area contributed by atoms with E-state index >= 15 is 0 Å². The van der Waals surface area contributed by atoms with Gasteiger partial charge in [-0.3, -0.25) is 8.74 Å². The highest BCUT2D eigenvalue weighted by Crippen LogP contribution is 2.21. The van der Waals surface area contributed by atoms with Gasteiger partial charge in [0.1, 0.15) is 0 Å². The summed E-state index contributed by atoms with van der Waals surface area (Å²) in [6, 6.07) is 0. The molecule has 0 saturated carbocycles. The maximum absolute atomic E-state index is 10.7. The molecule has 1 aliphatic rings. The lowest BCUT2D eigenvalue weighted by Gasteiger charge is -2.33. The third-order valence-corrected chi connectivity index (χ3v) is 3.09. The summed E-state index contributed by atoms with van der Waals surface area (Å²) in [6.45, 7) is 2.58. The number of rotatable bonds is 3. The lowest BCUT2D eigenvalue weighted by atomic mass is 9.94. The van der Waals surface area contributed by atoms with Crippen molar-refractivity contribution in [2.45, 2.75) is 25.9 Å². The summed E-state index contributed by atoms with van der Waals surface area (Å²) >= 11 is -2.29. The highest BCUT2D eigenvalue weighted by molar-refractivity contribution is 7.74. The third-order valence-electron chi connectivity index (χ3n) is 2.63. The number of hydrogen-bond acceptors (Lipinski definition) is 3. The van der Waals surface area contributed by atoms with Crippen LogP contribution in [0.1, 0.15) is 19.8 Å². The van der Waals surface area contributed by atoms with Gasteiger partial charge in [-0.2, -0.15) is 4.21 Å². The maximum Gasteiger partial charge on any atom is 0.407 e. The van der Waals surface area contributed by atoms with E-state index in [0.717, 1.165) is 12.8 Å². The van der Waals surface area contributed by atoms with Crippen LogP contribution in [0.4, 0.5) is 4.79 Å². The molecule has 0 spiro atoms. The topological polar surface area (TPSA) is 87.1 Å². The summed E-state index contributed by atoms with van der Waals surface area (Å²) in [5.74, 6) is -0.00838. The Morgan fingerprint density at radius 2 is 2.33 bits per heavy atom. The zero-order valence-electron chi connectivity index (χ0n) is 8.46. The van der Waals surface area contributed by atoms with Crippen LogP contribution in [0.3, 0.4) is 0 Å². The predicted octanol–water partition coefficient (Wildman–Crippen LogP) is 0.918. The molecule has 0 aromatic rings. The van der Waals surface area contributed by atoms with E-state index < -0.39 is 23.6 Å². The maximum atomic E-state index is 10.7. The molecular formula is C8H15NO5S. The van der Waals surface area contributed by atoms with Gasteiger partial charge in [0.25, 0.3) is 0 Å². The molecule has 0 radical (unpaired) electrons. The number of amides is 1. The standard InChI is InChI=1S/C8H15NO5S/c1-6(14-15(12)13)7-3-2-4-9(5-7)8(10)11/h6-7H,2-5H2,1H3,(H,10,11)(H,12,13)/t6?,7-/m0/s1. The van der Waals surface area contributed by atoms with Crippen molar-refractivity contribution in [2.24, 2.45) is 5.92 Å². The number of carbonyl (C=O) groups is 1. The molecule has 1 aliphatic heterocycles. The summed E-state index contributed by atoms with van der Waals surface area (Å²) in [6.07, 6.45) is 0.236. The van der Waals surface area contributed by atoms with Gasteiger partial charge < -0.3 is 10.0 Å². The zero-order chi connectivity index (χ0) is 11.4. The average molecular weight is 237 g/mol. The Bertz CT molecular complexity index is 259. The Labute approximate surface area is 90.7 Å². The van der Waals surface area contributed by atoms with Gasteiger partial charge in [0.2, 0.25) is 0 Å². The van der Waals surface area contributed by atoms with Crippen LogP contribution in [-0.4, -0.2) is 44.1 Å². The third kappa shape index (κ3) is 3.77. The Kier molecular flexibility index (Phi) is 4.49. The van der Waals surface area contributed by atoms with E-state index in [0.29, 0.717) is 13.1 Å². The first-order valence-corrected chi connectivity index (χ1v) is 5.79.